The molecule has 0 heterocycles. The van der Waals surface area contributed by atoms with E-state index < -0.39 is 17.0 Å². The minimum Gasteiger partial charge on any atom is -0.605 e. The van der Waals surface area contributed by atoms with E-state index in [9.17, 15) is 0 Å². The Labute approximate surface area is 91.1 Å². The van der Waals surface area contributed by atoms with E-state index in [-0.39, 0.29) is 0 Å². The predicted molar refractivity (Wildman–Crippen MR) is 67.8 cm³/mol. The maximum atomic E-state index is 6.15. The van der Waals surface area contributed by atoms with Gasteiger partial charge in [0.15, 0.2) is 0 Å². The fraction of sp³-hybridized carbons (Fsp3) is 0.900. The molecule has 0 saturated heterocycles. The summed E-state index contributed by atoms with van der Waals surface area (Å²) in [5, 5.41) is 0. The first-order chi connectivity index (χ1) is 6.49. The molecule has 0 aromatic rings. The molecule has 0 aliphatic carbocycles. The fourth-order valence-electron chi connectivity index (χ4n) is 1.17. The molecule has 0 unspecified atom stereocenters. The van der Waals surface area contributed by atoms with Crippen molar-refractivity contribution < 1.29 is 8.85 Å². The van der Waals surface area contributed by atoms with Gasteiger partial charge >= 0.3 is 0 Å². The van der Waals surface area contributed by atoms with Crippen LogP contribution in [0.1, 0.15) is 19.8 Å². The molecule has 4 heteroatoms. The normalized spacial score (nSPS) is 13.1. The fourth-order valence-corrected chi connectivity index (χ4v) is 6.20. The van der Waals surface area contributed by atoms with Crippen molar-refractivity contribution in [3.63, 3.8) is 0 Å². The van der Waals surface area contributed by atoms with Crippen molar-refractivity contribution in [1.29, 1.82) is 0 Å². The third-order valence-electron chi connectivity index (χ3n) is 1.63. The van der Waals surface area contributed by atoms with E-state index in [2.05, 4.69) is 32.2 Å². The van der Waals surface area contributed by atoms with Gasteiger partial charge in [0.25, 0.3) is 0 Å². The Bertz CT molecular complexity index is 173. The second-order valence-electron chi connectivity index (χ2n) is 4.42. The summed E-state index contributed by atoms with van der Waals surface area (Å²) in [7, 11) is -0.264. The van der Waals surface area contributed by atoms with Crippen LogP contribution >= 0.6 is 0 Å². The molecular formula is C10H24O2Si2. The van der Waals surface area contributed by atoms with Gasteiger partial charge in [-0.25, -0.2) is 0 Å². The lowest BCUT2D eigenvalue weighted by atomic mass is 10.5. The van der Waals surface area contributed by atoms with Crippen molar-refractivity contribution in [1.82, 2.24) is 0 Å². The van der Waals surface area contributed by atoms with Gasteiger partial charge in [-0.2, -0.15) is 0 Å². The maximum absolute atomic E-state index is 6.15. The molecule has 2 nitrogen and oxygen atoms in total. The first-order valence-electron chi connectivity index (χ1n) is 5.36. The highest BCUT2D eigenvalue weighted by Crippen LogP contribution is 2.05. The van der Waals surface area contributed by atoms with Crippen molar-refractivity contribution in [2.75, 3.05) is 13.7 Å². The molecular weight excluding hydrogens is 208 g/mol. The lowest BCUT2D eigenvalue weighted by Gasteiger charge is -2.22. The van der Waals surface area contributed by atoms with E-state index in [0.29, 0.717) is 0 Å². The van der Waals surface area contributed by atoms with Crippen LogP contribution in [0.15, 0.2) is 0 Å². The first kappa shape index (κ1) is 14.1. The summed E-state index contributed by atoms with van der Waals surface area (Å²) in [5.41, 5.74) is 2.36. The minimum atomic E-state index is -1.34. The highest BCUT2D eigenvalue weighted by atomic mass is 28.4. The SMILES string of the molecule is CCC/[Si](=C\CCOC)O[Si](C)(C)C. The first-order valence-corrected chi connectivity index (χ1v) is 10.5. The molecule has 0 rings (SSSR count). The van der Waals surface area contributed by atoms with Gasteiger partial charge in [0.05, 0.1) is 0 Å². The van der Waals surface area contributed by atoms with Gasteiger partial charge in [-0.3, -0.25) is 0 Å². The molecule has 0 amide bonds. The molecule has 0 spiro atoms. The summed E-state index contributed by atoms with van der Waals surface area (Å²) in [6, 6.07) is 1.23. The quantitative estimate of drug-likeness (QED) is 0.496. The molecule has 0 aliphatic rings. The predicted octanol–water partition coefficient (Wildman–Crippen LogP) is 2.66. The van der Waals surface area contributed by atoms with Gasteiger partial charge in [0, 0.05) is 13.7 Å². The van der Waals surface area contributed by atoms with Crippen LogP contribution in [0.2, 0.25) is 25.7 Å². The molecule has 0 radical (unpaired) electrons. The van der Waals surface area contributed by atoms with E-state index in [1.165, 1.54) is 12.5 Å². The Morgan fingerprint density at radius 3 is 2.36 bits per heavy atom. The summed E-state index contributed by atoms with van der Waals surface area (Å²) in [5.74, 6) is 0. The monoisotopic (exact) mass is 232 g/mol. The van der Waals surface area contributed by atoms with Crippen LogP contribution in [0.5, 0.6) is 0 Å². The third kappa shape index (κ3) is 8.65. The standard InChI is InChI=1S/C10H24O2Si2/c1-6-9-13(10-7-8-11-2)12-14(3,4)5/h10H,6-9H2,1-5H3/b13-10+. The summed E-state index contributed by atoms with van der Waals surface area (Å²) in [4.78, 5) is 0. The molecule has 0 N–H and O–H groups in total. The molecule has 0 atom stereocenters. The molecule has 0 saturated carbocycles. The van der Waals surface area contributed by atoms with Gasteiger partial charge in [0.1, 0.15) is 0 Å². The second kappa shape index (κ2) is 7.37. The number of ether oxygens (including phenoxy) is 1. The van der Waals surface area contributed by atoms with Crippen molar-refractivity contribution in [3.8, 4) is 0 Å². The van der Waals surface area contributed by atoms with Gasteiger partial charge in [0.2, 0.25) is 17.0 Å². The average Bonchev–Trinajstić information content (AvgIpc) is 2.02. The topological polar surface area (TPSA) is 18.5 Å². The van der Waals surface area contributed by atoms with Crippen LogP contribution in [0.4, 0.5) is 0 Å². The number of hydrogen-bond acceptors (Lipinski definition) is 2. The van der Waals surface area contributed by atoms with Crippen LogP contribution in [0.25, 0.3) is 0 Å². The highest BCUT2D eigenvalue weighted by molar-refractivity contribution is 6.78. The summed E-state index contributed by atoms with van der Waals surface area (Å²) in [6.45, 7) is 9.84. The van der Waals surface area contributed by atoms with Crippen LogP contribution in [0.3, 0.4) is 0 Å². The third-order valence-corrected chi connectivity index (χ3v) is 6.86. The summed E-state index contributed by atoms with van der Waals surface area (Å²) in [6.07, 6.45) is 2.26. The average molecular weight is 232 g/mol. The van der Waals surface area contributed by atoms with Gasteiger partial charge in [-0.1, -0.05) is 19.0 Å². The van der Waals surface area contributed by atoms with Crippen molar-refractivity contribution in [2.24, 2.45) is 0 Å². The van der Waals surface area contributed by atoms with Crippen LogP contribution < -0.4 is 0 Å². The Hall–Kier alpha value is 0.0638. The molecule has 84 valence electrons. The van der Waals surface area contributed by atoms with Crippen molar-refractivity contribution in [3.05, 3.63) is 0 Å². The molecule has 0 aliphatic heterocycles. The Balaban J connectivity index is 4.06. The smallest absolute Gasteiger partial charge is 0.223 e. The zero-order valence-corrected chi connectivity index (χ0v) is 12.2. The zero-order chi connectivity index (χ0) is 11.0. The van der Waals surface area contributed by atoms with Gasteiger partial charge in [-0.05, 0) is 32.1 Å². The van der Waals surface area contributed by atoms with E-state index in [0.717, 1.165) is 13.0 Å². The Kier molecular flexibility index (Phi) is 7.40. The number of methoxy groups -OCH3 is 1. The lowest BCUT2D eigenvalue weighted by molar-refractivity contribution is 0.208. The Morgan fingerprint density at radius 2 is 1.93 bits per heavy atom. The molecule has 0 bridgehead atoms. The maximum Gasteiger partial charge on any atom is 0.223 e. The lowest BCUT2D eigenvalue weighted by Crippen LogP contribution is -2.31. The van der Waals surface area contributed by atoms with Crippen LogP contribution in [0, 0.1) is 0 Å². The molecule has 0 aromatic carbocycles. The summed E-state index contributed by atoms with van der Waals surface area (Å²) < 4.78 is 11.2. The van der Waals surface area contributed by atoms with E-state index >= 15 is 0 Å². The van der Waals surface area contributed by atoms with Crippen LogP contribution in [-0.4, -0.2) is 36.4 Å². The van der Waals surface area contributed by atoms with Gasteiger partial charge in [-0.15, -0.1) is 0 Å². The number of hydrogen-bond donors (Lipinski definition) is 0. The van der Waals surface area contributed by atoms with Gasteiger partial charge < -0.3 is 8.85 Å². The largest absolute Gasteiger partial charge is 0.605 e. The van der Waals surface area contributed by atoms with Crippen LogP contribution in [-0.2, 0) is 8.85 Å². The Morgan fingerprint density at radius 1 is 1.29 bits per heavy atom. The van der Waals surface area contributed by atoms with Crippen molar-refractivity contribution >= 4 is 22.6 Å². The van der Waals surface area contributed by atoms with E-state index in [1.54, 1.807) is 7.11 Å². The second-order valence-corrected chi connectivity index (χ2v) is 11.3. The molecule has 0 aromatic heterocycles. The minimum absolute atomic E-state index is 0.669. The molecule has 0 fully saturated rings. The number of rotatable bonds is 7. The zero-order valence-electron chi connectivity index (χ0n) is 10.2. The van der Waals surface area contributed by atoms with E-state index in [1.807, 2.05) is 0 Å². The highest BCUT2D eigenvalue weighted by Gasteiger charge is 2.16. The summed E-state index contributed by atoms with van der Waals surface area (Å²) >= 11 is 0. The molecule has 14 heavy (non-hydrogen) atoms. The van der Waals surface area contributed by atoms with Crippen molar-refractivity contribution in [2.45, 2.75) is 45.5 Å². The van der Waals surface area contributed by atoms with E-state index in [4.69, 9.17) is 8.85 Å².